The summed E-state index contributed by atoms with van der Waals surface area (Å²) in [5, 5.41) is 3.24. The van der Waals surface area contributed by atoms with Crippen LogP contribution in [0.25, 0.3) is 0 Å². The molecule has 128 valence electrons. The van der Waals surface area contributed by atoms with Gasteiger partial charge in [-0.25, -0.2) is 0 Å². The maximum absolute atomic E-state index is 12.2. The van der Waals surface area contributed by atoms with Crippen molar-refractivity contribution in [2.24, 2.45) is 0 Å². The standard InChI is InChI=1S/C13H23F6NO/c1-11(2,3)20-8-6-4-5-7-9-21-10(12(14,15)16)13(17,18)19/h10,20H,4-9H2,1-3H3. The van der Waals surface area contributed by atoms with E-state index in [1.807, 2.05) is 20.8 Å². The Morgan fingerprint density at radius 1 is 0.810 bits per heavy atom. The summed E-state index contributed by atoms with van der Waals surface area (Å²) in [5.41, 5.74) is -0.00422. The maximum atomic E-state index is 12.2. The highest BCUT2D eigenvalue weighted by Gasteiger charge is 2.57. The smallest absolute Gasteiger partial charge is 0.361 e. The van der Waals surface area contributed by atoms with Gasteiger partial charge in [-0.05, 0) is 40.2 Å². The lowest BCUT2D eigenvalue weighted by Crippen LogP contribution is -2.44. The summed E-state index contributed by atoms with van der Waals surface area (Å²) in [6.07, 6.45) is -12.3. The van der Waals surface area contributed by atoms with Gasteiger partial charge in [0.05, 0.1) is 0 Å². The summed E-state index contributed by atoms with van der Waals surface area (Å²) in [6, 6.07) is 0. The van der Waals surface area contributed by atoms with Crippen molar-refractivity contribution < 1.29 is 31.1 Å². The van der Waals surface area contributed by atoms with Crippen molar-refractivity contribution in [2.45, 2.75) is 70.4 Å². The Morgan fingerprint density at radius 2 is 1.29 bits per heavy atom. The van der Waals surface area contributed by atoms with E-state index in [0.717, 1.165) is 19.4 Å². The van der Waals surface area contributed by atoms with Gasteiger partial charge in [0.2, 0.25) is 6.10 Å². The predicted octanol–water partition coefficient (Wildman–Crippen LogP) is 4.44. The minimum Gasteiger partial charge on any atom is -0.361 e. The molecule has 21 heavy (non-hydrogen) atoms. The molecule has 0 fully saturated rings. The van der Waals surface area contributed by atoms with Crippen molar-refractivity contribution in [1.29, 1.82) is 0 Å². The number of rotatable bonds is 8. The van der Waals surface area contributed by atoms with E-state index in [1.165, 1.54) is 0 Å². The lowest BCUT2D eigenvalue weighted by molar-refractivity contribution is -0.321. The van der Waals surface area contributed by atoms with Crippen LogP contribution >= 0.6 is 0 Å². The van der Waals surface area contributed by atoms with Gasteiger partial charge in [0.1, 0.15) is 0 Å². The number of alkyl halides is 6. The quantitative estimate of drug-likeness (QED) is 0.526. The molecule has 8 heteroatoms. The number of hydrogen-bond acceptors (Lipinski definition) is 2. The molecule has 0 saturated carbocycles. The number of ether oxygens (including phenoxy) is 1. The fraction of sp³-hybridized carbons (Fsp3) is 1.00. The fourth-order valence-electron chi connectivity index (χ4n) is 1.62. The van der Waals surface area contributed by atoms with Crippen LogP contribution in [0.2, 0.25) is 0 Å². The predicted molar refractivity (Wildman–Crippen MR) is 68.1 cm³/mol. The van der Waals surface area contributed by atoms with E-state index in [4.69, 9.17) is 0 Å². The molecular formula is C13H23F6NO. The van der Waals surface area contributed by atoms with Gasteiger partial charge < -0.3 is 10.1 Å². The second kappa shape index (κ2) is 8.22. The molecule has 0 aliphatic carbocycles. The molecule has 0 heterocycles. The first kappa shape index (κ1) is 20.5. The van der Waals surface area contributed by atoms with Crippen LogP contribution in [0.15, 0.2) is 0 Å². The van der Waals surface area contributed by atoms with Gasteiger partial charge >= 0.3 is 12.4 Å². The third-order valence-corrected chi connectivity index (χ3v) is 2.61. The van der Waals surface area contributed by atoms with Crippen molar-refractivity contribution >= 4 is 0 Å². The summed E-state index contributed by atoms with van der Waals surface area (Å²) in [6.45, 7) is 6.24. The summed E-state index contributed by atoms with van der Waals surface area (Å²) >= 11 is 0. The van der Waals surface area contributed by atoms with Gasteiger partial charge in [0.25, 0.3) is 0 Å². The lowest BCUT2D eigenvalue weighted by atomic mass is 10.1. The maximum Gasteiger partial charge on any atom is 0.423 e. The summed E-state index contributed by atoms with van der Waals surface area (Å²) in [4.78, 5) is 0. The van der Waals surface area contributed by atoms with E-state index in [2.05, 4.69) is 10.1 Å². The van der Waals surface area contributed by atoms with Crippen LogP contribution in [0, 0.1) is 0 Å². The zero-order valence-electron chi connectivity index (χ0n) is 12.5. The second-order valence-electron chi connectivity index (χ2n) is 5.93. The van der Waals surface area contributed by atoms with Gasteiger partial charge in [-0.2, -0.15) is 26.3 Å². The van der Waals surface area contributed by atoms with E-state index in [1.54, 1.807) is 0 Å². The van der Waals surface area contributed by atoms with Crippen molar-refractivity contribution in [3.63, 3.8) is 0 Å². The minimum atomic E-state index is -5.42. The Bertz CT molecular complexity index is 268. The molecule has 2 nitrogen and oxygen atoms in total. The molecule has 0 aromatic heterocycles. The number of halogens is 6. The van der Waals surface area contributed by atoms with Crippen molar-refractivity contribution in [3.8, 4) is 0 Å². The highest BCUT2D eigenvalue weighted by atomic mass is 19.4. The zero-order chi connectivity index (χ0) is 16.7. The largest absolute Gasteiger partial charge is 0.423 e. The Hall–Kier alpha value is -0.500. The average Bonchev–Trinajstić information content (AvgIpc) is 2.21. The van der Waals surface area contributed by atoms with Crippen molar-refractivity contribution in [1.82, 2.24) is 5.32 Å². The number of unbranched alkanes of at least 4 members (excludes halogenated alkanes) is 3. The molecule has 0 aliphatic rings. The molecule has 0 spiro atoms. The molecule has 0 radical (unpaired) electrons. The van der Waals surface area contributed by atoms with Crippen LogP contribution in [0.5, 0.6) is 0 Å². The molecule has 0 aliphatic heterocycles. The van der Waals surface area contributed by atoms with Crippen LogP contribution in [0.3, 0.4) is 0 Å². The normalized spacial score (nSPS) is 14.0. The first-order valence-electron chi connectivity index (χ1n) is 6.84. The monoisotopic (exact) mass is 323 g/mol. The lowest BCUT2D eigenvalue weighted by Gasteiger charge is -2.23. The van der Waals surface area contributed by atoms with E-state index in [0.29, 0.717) is 6.42 Å². The SMILES string of the molecule is CC(C)(C)NCCCCCCOC(C(F)(F)F)C(F)(F)F. The molecule has 0 unspecified atom stereocenters. The van der Waals surface area contributed by atoms with Gasteiger partial charge in [-0.1, -0.05) is 12.8 Å². The molecule has 1 N–H and O–H groups in total. The van der Waals surface area contributed by atoms with Gasteiger partial charge in [0, 0.05) is 12.1 Å². The molecule has 0 saturated heterocycles. The zero-order valence-corrected chi connectivity index (χ0v) is 12.5. The Balaban J connectivity index is 3.79. The van der Waals surface area contributed by atoms with Crippen LogP contribution in [-0.2, 0) is 4.74 Å². The summed E-state index contributed by atoms with van der Waals surface area (Å²) in [5.74, 6) is 0. The molecule has 0 amide bonds. The second-order valence-corrected chi connectivity index (χ2v) is 5.93. The minimum absolute atomic E-state index is 0.00422. The van der Waals surface area contributed by atoms with Gasteiger partial charge in [0.15, 0.2) is 0 Å². The number of hydrogen-bond donors (Lipinski definition) is 1. The van der Waals surface area contributed by atoms with E-state index >= 15 is 0 Å². The third-order valence-electron chi connectivity index (χ3n) is 2.61. The highest BCUT2D eigenvalue weighted by molar-refractivity contribution is 4.76. The number of nitrogens with one attached hydrogen (secondary N) is 1. The molecule has 0 rings (SSSR count). The average molecular weight is 323 g/mol. The van der Waals surface area contributed by atoms with Crippen LogP contribution in [0.4, 0.5) is 26.3 Å². The van der Waals surface area contributed by atoms with E-state index in [9.17, 15) is 26.3 Å². The van der Waals surface area contributed by atoms with E-state index < -0.39 is 25.1 Å². The molecular weight excluding hydrogens is 300 g/mol. The Labute approximate surface area is 121 Å². The van der Waals surface area contributed by atoms with Crippen molar-refractivity contribution in [3.05, 3.63) is 0 Å². The first-order chi connectivity index (χ1) is 9.34. The van der Waals surface area contributed by atoms with Gasteiger partial charge in [-0.15, -0.1) is 0 Å². The van der Waals surface area contributed by atoms with Crippen LogP contribution < -0.4 is 5.32 Å². The molecule has 0 atom stereocenters. The summed E-state index contributed by atoms with van der Waals surface area (Å²) in [7, 11) is 0. The van der Waals surface area contributed by atoms with Gasteiger partial charge in [-0.3, -0.25) is 0 Å². The summed E-state index contributed by atoms with van der Waals surface area (Å²) < 4.78 is 76.9. The van der Waals surface area contributed by atoms with Crippen molar-refractivity contribution in [2.75, 3.05) is 13.2 Å². The Morgan fingerprint density at radius 3 is 1.71 bits per heavy atom. The Kier molecular flexibility index (Phi) is 8.02. The third kappa shape index (κ3) is 10.8. The first-order valence-corrected chi connectivity index (χ1v) is 6.84. The highest BCUT2D eigenvalue weighted by Crippen LogP contribution is 2.35. The molecule has 0 aromatic carbocycles. The molecule has 0 aromatic rings. The van der Waals surface area contributed by atoms with Crippen LogP contribution in [-0.4, -0.2) is 37.1 Å². The van der Waals surface area contributed by atoms with Crippen LogP contribution in [0.1, 0.15) is 46.5 Å². The van der Waals surface area contributed by atoms with E-state index in [-0.39, 0.29) is 12.0 Å². The topological polar surface area (TPSA) is 21.3 Å². The fourth-order valence-corrected chi connectivity index (χ4v) is 1.62. The molecule has 0 bridgehead atoms.